The Bertz CT molecular complexity index is 1320. The fraction of sp³-hybridized carbons (Fsp3) is 0.217. The van der Waals surface area contributed by atoms with Crippen LogP contribution in [-0.2, 0) is 17.3 Å². The van der Waals surface area contributed by atoms with Crippen molar-refractivity contribution in [1.82, 2.24) is 4.98 Å². The molecule has 0 spiro atoms. The molecule has 1 amide bonds. The summed E-state index contributed by atoms with van der Waals surface area (Å²) in [5, 5.41) is 1.29. The SMILES string of the molecule is COc1ccc(CC(F)CCN(c2ccc(Cl)c(NC(=O)c3ccnc(Cl)c3F)c2F)[SH](=O)=O)cc1. The van der Waals surface area contributed by atoms with Gasteiger partial charge >= 0.3 is 0 Å². The van der Waals surface area contributed by atoms with E-state index in [0.29, 0.717) is 15.6 Å². The Morgan fingerprint density at radius 3 is 2.44 bits per heavy atom. The van der Waals surface area contributed by atoms with Crippen LogP contribution in [0.4, 0.5) is 24.5 Å². The number of anilines is 2. The first kappa shape index (κ1) is 27.6. The Hall–Kier alpha value is -3.02. The lowest BCUT2D eigenvalue weighted by Crippen LogP contribution is -2.27. The topological polar surface area (TPSA) is 88.6 Å². The summed E-state index contributed by atoms with van der Waals surface area (Å²) >= 11 is 11.6. The molecule has 3 aromatic rings. The molecule has 7 nitrogen and oxygen atoms in total. The maximum atomic E-state index is 15.3. The van der Waals surface area contributed by atoms with Crippen molar-refractivity contribution >= 4 is 51.4 Å². The molecule has 0 fully saturated rings. The molecule has 0 saturated carbocycles. The number of nitrogens with zero attached hydrogens (tertiary/aromatic N) is 2. The summed E-state index contributed by atoms with van der Waals surface area (Å²) in [7, 11) is -1.87. The lowest BCUT2D eigenvalue weighted by molar-refractivity contribution is 0.102. The standard InChI is InChI=1S/C23H20Cl2F3N3O4S/c1-35-15-4-2-13(3-5-15)12-14(26)9-11-31(36(33)34)18-7-6-17(24)21(20(18)28)30-23(32)16-8-10-29-22(25)19(16)27/h2-8,10,14,36H,9,11-12H2,1H3,(H,30,32). The summed E-state index contributed by atoms with van der Waals surface area (Å²) in [6.07, 6.45) is -0.569. The third-order valence-corrected chi connectivity index (χ3v) is 6.53. The van der Waals surface area contributed by atoms with Gasteiger partial charge in [-0.15, -0.1) is 0 Å². The lowest BCUT2D eigenvalue weighted by atomic mass is 10.1. The van der Waals surface area contributed by atoms with Crippen molar-refractivity contribution in [2.24, 2.45) is 0 Å². The average Bonchev–Trinajstić information content (AvgIpc) is 2.84. The number of halogens is 5. The van der Waals surface area contributed by atoms with Crippen molar-refractivity contribution in [3.63, 3.8) is 0 Å². The zero-order valence-corrected chi connectivity index (χ0v) is 21.1. The minimum atomic E-state index is -3.38. The molecule has 1 N–H and O–H groups in total. The second kappa shape index (κ2) is 12.3. The molecule has 1 atom stereocenters. The van der Waals surface area contributed by atoms with Crippen LogP contribution in [0.5, 0.6) is 5.75 Å². The van der Waals surface area contributed by atoms with E-state index in [1.54, 1.807) is 24.3 Å². The summed E-state index contributed by atoms with van der Waals surface area (Å²) in [5.41, 5.74) is -0.895. The zero-order chi connectivity index (χ0) is 26.4. The Balaban J connectivity index is 1.78. The van der Waals surface area contributed by atoms with Crippen LogP contribution in [0, 0.1) is 11.6 Å². The number of rotatable bonds is 10. The number of carbonyl (C=O) groups is 1. The van der Waals surface area contributed by atoms with Gasteiger partial charge in [0.05, 0.1) is 29.1 Å². The lowest BCUT2D eigenvalue weighted by Gasteiger charge is -2.21. The van der Waals surface area contributed by atoms with Gasteiger partial charge in [0.2, 0.25) is 10.9 Å². The monoisotopic (exact) mass is 561 g/mol. The third-order valence-electron chi connectivity index (χ3n) is 5.15. The fourth-order valence-electron chi connectivity index (χ4n) is 3.30. The number of ether oxygens (including phenoxy) is 1. The molecule has 3 rings (SSSR count). The second-order valence-corrected chi connectivity index (χ2v) is 9.20. The minimum absolute atomic E-state index is 0.0118. The first-order chi connectivity index (χ1) is 17.1. The van der Waals surface area contributed by atoms with Gasteiger partial charge in [0, 0.05) is 19.2 Å². The number of methoxy groups -OCH3 is 1. The van der Waals surface area contributed by atoms with Crippen molar-refractivity contribution in [2.45, 2.75) is 19.0 Å². The normalized spacial score (nSPS) is 11.9. The van der Waals surface area contributed by atoms with Crippen LogP contribution in [0.1, 0.15) is 22.3 Å². The second-order valence-electron chi connectivity index (χ2n) is 7.47. The van der Waals surface area contributed by atoms with E-state index in [2.05, 4.69) is 10.3 Å². The third kappa shape index (κ3) is 6.59. The molecule has 13 heteroatoms. The molecular formula is C23H20Cl2F3N3O4S. The smallest absolute Gasteiger partial charge is 0.258 e. The van der Waals surface area contributed by atoms with Crippen LogP contribution in [-0.4, -0.2) is 39.1 Å². The quantitative estimate of drug-likeness (QED) is 0.261. The number of hydrogen-bond donors (Lipinski definition) is 2. The van der Waals surface area contributed by atoms with Crippen molar-refractivity contribution in [3.8, 4) is 5.75 Å². The first-order valence-corrected chi connectivity index (χ1v) is 12.3. The van der Waals surface area contributed by atoms with Gasteiger partial charge in [0.1, 0.15) is 11.9 Å². The summed E-state index contributed by atoms with van der Waals surface area (Å²) in [5.74, 6) is -2.80. The molecule has 36 heavy (non-hydrogen) atoms. The number of amides is 1. The molecule has 0 radical (unpaired) electrons. The van der Waals surface area contributed by atoms with E-state index in [0.717, 1.165) is 24.4 Å². The number of hydrogen-bond acceptors (Lipinski definition) is 5. The van der Waals surface area contributed by atoms with E-state index >= 15 is 4.39 Å². The highest BCUT2D eigenvalue weighted by molar-refractivity contribution is 7.74. The fourth-order valence-corrected chi connectivity index (χ4v) is 4.26. The highest BCUT2D eigenvalue weighted by Gasteiger charge is 2.23. The van der Waals surface area contributed by atoms with Gasteiger partial charge in [0.25, 0.3) is 5.91 Å². The van der Waals surface area contributed by atoms with Crippen molar-refractivity contribution < 1.29 is 31.1 Å². The molecular weight excluding hydrogens is 542 g/mol. The molecule has 192 valence electrons. The number of pyridine rings is 1. The number of nitrogens with one attached hydrogen (secondary N) is 1. The Morgan fingerprint density at radius 2 is 1.81 bits per heavy atom. The number of aromatic nitrogens is 1. The Kier molecular flexibility index (Phi) is 9.41. The Labute approximate surface area is 216 Å². The summed E-state index contributed by atoms with van der Waals surface area (Å²) in [4.78, 5) is 16.0. The predicted octanol–water partition coefficient (Wildman–Crippen LogP) is 5.23. The van der Waals surface area contributed by atoms with Gasteiger partial charge in [-0.1, -0.05) is 35.3 Å². The highest BCUT2D eigenvalue weighted by atomic mass is 35.5. The van der Waals surface area contributed by atoms with E-state index in [-0.39, 0.29) is 24.4 Å². The van der Waals surface area contributed by atoms with Gasteiger partial charge in [0.15, 0.2) is 16.8 Å². The van der Waals surface area contributed by atoms with E-state index in [4.69, 9.17) is 27.9 Å². The maximum absolute atomic E-state index is 15.3. The molecule has 0 aliphatic rings. The average molecular weight is 562 g/mol. The first-order valence-electron chi connectivity index (χ1n) is 10.4. The van der Waals surface area contributed by atoms with Crippen LogP contribution in [0.25, 0.3) is 0 Å². The molecule has 0 aliphatic heterocycles. The van der Waals surface area contributed by atoms with E-state index in [1.165, 1.54) is 7.11 Å². The molecule has 0 aliphatic carbocycles. The van der Waals surface area contributed by atoms with Gasteiger partial charge in [-0.25, -0.2) is 26.6 Å². The molecule has 2 aromatic carbocycles. The van der Waals surface area contributed by atoms with Gasteiger partial charge in [-0.2, -0.15) is 0 Å². The minimum Gasteiger partial charge on any atom is -0.497 e. The zero-order valence-electron chi connectivity index (χ0n) is 18.7. The number of thiol groups is 1. The van der Waals surface area contributed by atoms with Crippen LogP contribution >= 0.6 is 23.2 Å². The molecule has 0 saturated heterocycles. The predicted molar refractivity (Wildman–Crippen MR) is 132 cm³/mol. The van der Waals surface area contributed by atoms with Crippen LogP contribution < -0.4 is 14.4 Å². The number of benzene rings is 2. The van der Waals surface area contributed by atoms with Crippen molar-refractivity contribution in [1.29, 1.82) is 0 Å². The molecule has 1 heterocycles. The van der Waals surface area contributed by atoms with Crippen molar-refractivity contribution in [3.05, 3.63) is 81.6 Å². The van der Waals surface area contributed by atoms with E-state index in [9.17, 15) is 22.0 Å². The van der Waals surface area contributed by atoms with Gasteiger partial charge < -0.3 is 10.1 Å². The van der Waals surface area contributed by atoms with Crippen LogP contribution in [0.2, 0.25) is 10.2 Å². The van der Waals surface area contributed by atoms with E-state index < -0.39 is 56.7 Å². The van der Waals surface area contributed by atoms with E-state index in [1.807, 2.05) is 0 Å². The summed E-state index contributed by atoms with van der Waals surface area (Å²) in [6.45, 7) is -0.378. The Morgan fingerprint density at radius 1 is 1.11 bits per heavy atom. The number of alkyl halides is 1. The van der Waals surface area contributed by atoms with Crippen molar-refractivity contribution in [2.75, 3.05) is 23.3 Å². The largest absolute Gasteiger partial charge is 0.497 e. The molecule has 1 aromatic heterocycles. The highest BCUT2D eigenvalue weighted by Crippen LogP contribution is 2.33. The van der Waals surface area contributed by atoms with Gasteiger partial charge in [-0.05, 0) is 42.3 Å². The summed E-state index contributed by atoms with van der Waals surface area (Å²) in [6, 6.07) is 9.98. The number of carbonyl (C=O) groups excluding carboxylic acids is 1. The van der Waals surface area contributed by atoms with Gasteiger partial charge in [-0.3, -0.25) is 9.10 Å². The summed E-state index contributed by atoms with van der Waals surface area (Å²) < 4.78 is 73.5. The molecule has 0 bridgehead atoms. The van der Waals surface area contributed by atoms with Crippen LogP contribution in [0.3, 0.4) is 0 Å². The molecule has 1 unspecified atom stereocenters. The van der Waals surface area contributed by atoms with Crippen LogP contribution in [0.15, 0.2) is 48.7 Å². The maximum Gasteiger partial charge on any atom is 0.258 e.